The highest BCUT2D eigenvalue weighted by Gasteiger charge is 2.02. The molecule has 2 nitrogen and oxygen atoms in total. The first kappa shape index (κ1) is 7.08. The second-order valence-electron chi connectivity index (χ2n) is 1.84. The first-order valence-electron chi connectivity index (χ1n) is 2.39. The highest BCUT2D eigenvalue weighted by atomic mass is 14.5. The van der Waals surface area contributed by atoms with E-state index in [4.69, 9.17) is 10.8 Å². The number of hydrogen-bond acceptors (Lipinski definition) is 1. The predicted molar refractivity (Wildman–Crippen MR) is 35.1 cm³/mol. The van der Waals surface area contributed by atoms with E-state index in [9.17, 15) is 0 Å². The summed E-state index contributed by atoms with van der Waals surface area (Å²) in [6, 6.07) is 0. The lowest BCUT2D eigenvalue weighted by Crippen LogP contribution is -2.42. The molecule has 0 aromatic rings. The molecule has 0 aliphatic heterocycles. The van der Waals surface area contributed by atoms with Crippen molar-refractivity contribution < 1.29 is 5.41 Å². The standard InChI is InChI=1S/C6H10N2/c1-4(2)6(8)5(3)7/h7-8H,1H2,2-3H3/p+1. The van der Waals surface area contributed by atoms with Crippen LogP contribution in [0, 0.1) is 5.41 Å². The zero-order valence-electron chi connectivity index (χ0n) is 5.28. The van der Waals surface area contributed by atoms with Gasteiger partial charge in [-0.15, -0.1) is 0 Å². The molecule has 0 aliphatic rings. The molecule has 3 N–H and O–H groups in total. The largest absolute Gasteiger partial charge is 0.295 e. The Kier molecular flexibility index (Phi) is 2.13. The second kappa shape index (κ2) is 2.40. The molecular formula is C6H11N2+. The SMILES string of the molecule is C=C(C)C(=N)C(C)=[NH2+]. The van der Waals surface area contributed by atoms with Crippen molar-refractivity contribution in [3.63, 3.8) is 0 Å². The number of nitrogens with two attached hydrogens (primary N) is 1. The minimum atomic E-state index is 0.352. The molecule has 2 heteroatoms. The fourth-order valence-electron chi connectivity index (χ4n) is 0.337. The molecule has 0 aliphatic carbocycles. The van der Waals surface area contributed by atoms with E-state index in [1.165, 1.54) is 0 Å². The van der Waals surface area contributed by atoms with Crippen molar-refractivity contribution in [1.82, 2.24) is 0 Å². The van der Waals surface area contributed by atoms with E-state index in [0.717, 1.165) is 0 Å². The number of rotatable bonds is 2. The molecule has 0 saturated heterocycles. The minimum absolute atomic E-state index is 0.352. The fourth-order valence-corrected chi connectivity index (χ4v) is 0.337. The Morgan fingerprint density at radius 3 is 1.88 bits per heavy atom. The third kappa shape index (κ3) is 1.69. The molecule has 0 saturated carbocycles. The van der Waals surface area contributed by atoms with Crippen LogP contribution in [0.25, 0.3) is 0 Å². The number of hydrogen-bond donors (Lipinski definition) is 2. The van der Waals surface area contributed by atoms with Crippen LogP contribution in [0.4, 0.5) is 0 Å². The van der Waals surface area contributed by atoms with Crippen LogP contribution in [-0.4, -0.2) is 11.4 Å². The predicted octanol–water partition coefficient (Wildman–Crippen LogP) is -0.198. The Labute approximate surface area is 49.2 Å². The van der Waals surface area contributed by atoms with Crippen molar-refractivity contribution in [1.29, 1.82) is 5.41 Å². The molecule has 0 radical (unpaired) electrons. The molecule has 0 aromatic heterocycles. The average Bonchev–Trinajstić information content (AvgIpc) is 1.64. The molecule has 0 bridgehead atoms. The van der Waals surface area contributed by atoms with Crippen LogP contribution in [0.5, 0.6) is 0 Å². The normalized spacial score (nSPS) is 8.25. The van der Waals surface area contributed by atoms with Crippen molar-refractivity contribution >= 4 is 11.4 Å². The maximum absolute atomic E-state index is 7.14. The summed E-state index contributed by atoms with van der Waals surface area (Å²) in [5.74, 6) is 0. The van der Waals surface area contributed by atoms with Crippen LogP contribution in [0.1, 0.15) is 13.8 Å². The van der Waals surface area contributed by atoms with Gasteiger partial charge in [0, 0.05) is 6.92 Å². The summed E-state index contributed by atoms with van der Waals surface area (Å²) in [4.78, 5) is 0. The first-order valence-corrected chi connectivity index (χ1v) is 2.39. The summed E-state index contributed by atoms with van der Waals surface area (Å²) in [6.45, 7) is 7.01. The zero-order valence-corrected chi connectivity index (χ0v) is 5.28. The molecule has 0 unspecified atom stereocenters. The molecular weight excluding hydrogens is 100 g/mol. The van der Waals surface area contributed by atoms with Crippen molar-refractivity contribution in [3.8, 4) is 0 Å². The molecule has 8 heavy (non-hydrogen) atoms. The molecule has 0 amide bonds. The van der Waals surface area contributed by atoms with Crippen LogP contribution in [0.15, 0.2) is 12.2 Å². The van der Waals surface area contributed by atoms with Crippen LogP contribution >= 0.6 is 0 Å². The van der Waals surface area contributed by atoms with Crippen molar-refractivity contribution in [2.45, 2.75) is 13.8 Å². The lowest BCUT2D eigenvalue weighted by atomic mass is 10.1. The molecule has 0 heterocycles. The molecule has 44 valence electrons. The molecule has 0 fully saturated rings. The van der Waals surface area contributed by atoms with Gasteiger partial charge in [0.25, 0.3) is 0 Å². The Morgan fingerprint density at radius 2 is 1.88 bits per heavy atom. The van der Waals surface area contributed by atoms with Crippen molar-refractivity contribution in [3.05, 3.63) is 12.2 Å². The highest BCUT2D eigenvalue weighted by molar-refractivity contribution is 6.43. The van der Waals surface area contributed by atoms with E-state index in [2.05, 4.69) is 6.58 Å². The maximum Gasteiger partial charge on any atom is 0.195 e. The summed E-state index contributed by atoms with van der Waals surface area (Å²) in [6.07, 6.45) is 0. The average molecular weight is 111 g/mol. The van der Waals surface area contributed by atoms with Gasteiger partial charge in [0.2, 0.25) is 0 Å². The van der Waals surface area contributed by atoms with Gasteiger partial charge in [-0.1, -0.05) is 6.58 Å². The van der Waals surface area contributed by atoms with Gasteiger partial charge in [-0.3, -0.25) is 10.8 Å². The van der Waals surface area contributed by atoms with Crippen molar-refractivity contribution in [2.24, 2.45) is 0 Å². The smallest absolute Gasteiger partial charge is 0.195 e. The lowest BCUT2D eigenvalue weighted by molar-refractivity contribution is -0.111. The molecule has 0 atom stereocenters. The van der Waals surface area contributed by atoms with Gasteiger partial charge in [-0.2, -0.15) is 0 Å². The van der Waals surface area contributed by atoms with Gasteiger partial charge in [0.05, 0.1) is 0 Å². The fraction of sp³-hybridized carbons (Fsp3) is 0.333. The van der Waals surface area contributed by atoms with E-state index >= 15 is 0 Å². The summed E-state index contributed by atoms with van der Waals surface area (Å²) in [5.41, 5.74) is 1.59. The monoisotopic (exact) mass is 111 g/mol. The molecule has 0 aromatic carbocycles. The third-order valence-electron chi connectivity index (χ3n) is 0.821. The van der Waals surface area contributed by atoms with Gasteiger partial charge >= 0.3 is 0 Å². The number of allylic oxidation sites excluding steroid dienone is 1. The van der Waals surface area contributed by atoms with Gasteiger partial charge in [-0.25, -0.2) is 0 Å². The van der Waals surface area contributed by atoms with Gasteiger partial charge in [-0.05, 0) is 12.5 Å². The highest BCUT2D eigenvalue weighted by Crippen LogP contribution is 1.88. The zero-order chi connectivity index (χ0) is 6.73. The lowest BCUT2D eigenvalue weighted by Gasteiger charge is -1.90. The Hall–Kier alpha value is -0.920. The quantitative estimate of drug-likeness (QED) is 0.464. The summed E-state index contributed by atoms with van der Waals surface area (Å²) >= 11 is 0. The van der Waals surface area contributed by atoms with Crippen LogP contribution in [0.2, 0.25) is 0 Å². The summed E-state index contributed by atoms with van der Waals surface area (Å²) < 4.78 is 0. The summed E-state index contributed by atoms with van der Waals surface area (Å²) in [5, 5.41) is 12.4. The van der Waals surface area contributed by atoms with Crippen LogP contribution in [0.3, 0.4) is 0 Å². The third-order valence-corrected chi connectivity index (χ3v) is 0.821. The Bertz CT molecular complexity index is 129. The van der Waals surface area contributed by atoms with E-state index in [1.54, 1.807) is 13.8 Å². The Balaban J connectivity index is 4.05. The minimum Gasteiger partial charge on any atom is -0.295 e. The summed E-state index contributed by atoms with van der Waals surface area (Å²) in [7, 11) is 0. The van der Waals surface area contributed by atoms with Crippen LogP contribution < -0.4 is 5.41 Å². The molecule has 0 rings (SSSR count). The second-order valence-corrected chi connectivity index (χ2v) is 1.84. The van der Waals surface area contributed by atoms with Gasteiger partial charge in [0.1, 0.15) is 5.71 Å². The topological polar surface area (TPSA) is 49.4 Å². The Morgan fingerprint density at radius 1 is 1.50 bits per heavy atom. The van der Waals surface area contributed by atoms with Gasteiger partial charge in [0.15, 0.2) is 5.71 Å². The van der Waals surface area contributed by atoms with Crippen molar-refractivity contribution in [2.75, 3.05) is 0 Å². The van der Waals surface area contributed by atoms with E-state index in [-0.39, 0.29) is 0 Å². The van der Waals surface area contributed by atoms with E-state index < -0.39 is 0 Å². The van der Waals surface area contributed by atoms with Crippen LogP contribution in [-0.2, 0) is 0 Å². The van der Waals surface area contributed by atoms with E-state index in [1.807, 2.05) is 0 Å². The maximum atomic E-state index is 7.14. The number of nitrogens with one attached hydrogen (secondary N) is 1. The van der Waals surface area contributed by atoms with E-state index in [0.29, 0.717) is 17.0 Å². The first-order chi connectivity index (χ1) is 3.55. The molecule has 0 spiro atoms. The van der Waals surface area contributed by atoms with Gasteiger partial charge < -0.3 is 0 Å².